The van der Waals surface area contributed by atoms with Gasteiger partial charge in [0.05, 0.1) is 11.8 Å². The Kier molecular flexibility index (Phi) is 5.57. The van der Waals surface area contributed by atoms with Gasteiger partial charge in [0, 0.05) is 22.3 Å². The molecule has 3 aliphatic rings. The summed E-state index contributed by atoms with van der Waals surface area (Å²) in [6.07, 6.45) is 1.08. The van der Waals surface area contributed by atoms with Gasteiger partial charge in [-0.15, -0.1) is 0 Å². The van der Waals surface area contributed by atoms with Crippen molar-refractivity contribution in [2.24, 2.45) is 22.7 Å². The summed E-state index contributed by atoms with van der Waals surface area (Å²) >= 11 is 0. The molecule has 0 amide bonds. The molecule has 1 saturated carbocycles. The van der Waals surface area contributed by atoms with Crippen LogP contribution in [0.1, 0.15) is 64.7 Å². The highest BCUT2D eigenvalue weighted by molar-refractivity contribution is 6.24. The maximum absolute atomic E-state index is 14.2. The zero-order valence-corrected chi connectivity index (χ0v) is 21.3. The molecule has 1 aromatic carbocycles. The topological polar surface area (TPSA) is 152 Å². The van der Waals surface area contributed by atoms with E-state index in [1.807, 2.05) is 0 Å². The molecule has 4 rings (SSSR count). The van der Waals surface area contributed by atoms with Crippen molar-refractivity contribution in [2.45, 2.75) is 60.0 Å². The Morgan fingerprint density at radius 2 is 1.72 bits per heavy atom. The first kappa shape index (κ1) is 25.7. The Balaban J connectivity index is 2.11. The molecule has 1 fully saturated rings. The quantitative estimate of drug-likeness (QED) is 0.310. The molecule has 0 aromatic heterocycles. The van der Waals surface area contributed by atoms with Crippen LogP contribution in [-0.2, 0) is 20.8 Å². The number of benzene rings is 1. The van der Waals surface area contributed by atoms with E-state index in [2.05, 4.69) is 0 Å². The van der Waals surface area contributed by atoms with Crippen LogP contribution in [0.2, 0.25) is 0 Å². The number of allylic oxidation sites excluding steroid dienone is 2. The van der Waals surface area contributed by atoms with Crippen molar-refractivity contribution >= 4 is 28.7 Å². The monoisotopic (exact) mass is 496 g/mol. The van der Waals surface area contributed by atoms with Crippen LogP contribution in [0.4, 0.5) is 0 Å². The van der Waals surface area contributed by atoms with Gasteiger partial charge in [0.25, 0.3) is 0 Å². The lowest BCUT2D eigenvalue weighted by atomic mass is 9.43. The van der Waals surface area contributed by atoms with Crippen molar-refractivity contribution in [3.05, 3.63) is 52.0 Å². The zero-order valence-electron chi connectivity index (χ0n) is 21.3. The molecule has 0 radical (unpaired) electrons. The summed E-state index contributed by atoms with van der Waals surface area (Å²) in [6, 6.07) is 2.95. The third-order valence-corrected chi connectivity index (χ3v) is 8.51. The molecular formula is C28H32O8. The van der Waals surface area contributed by atoms with Crippen LogP contribution < -0.4 is 0 Å². The van der Waals surface area contributed by atoms with E-state index in [-0.39, 0.29) is 35.6 Å². The van der Waals surface area contributed by atoms with Gasteiger partial charge in [-0.2, -0.15) is 0 Å². The van der Waals surface area contributed by atoms with Crippen LogP contribution in [0.3, 0.4) is 0 Å². The minimum absolute atomic E-state index is 0.00397. The highest BCUT2D eigenvalue weighted by atomic mass is 16.3. The first-order valence-corrected chi connectivity index (χ1v) is 11.9. The van der Waals surface area contributed by atoms with Crippen LogP contribution >= 0.6 is 0 Å². The molecular weight excluding hydrogens is 464 g/mol. The van der Waals surface area contributed by atoms with E-state index >= 15 is 0 Å². The van der Waals surface area contributed by atoms with Gasteiger partial charge in [-0.25, -0.2) is 0 Å². The predicted octanol–water partition coefficient (Wildman–Crippen LogP) is 4.11. The number of ketones is 3. The van der Waals surface area contributed by atoms with Crippen LogP contribution in [0, 0.1) is 22.7 Å². The van der Waals surface area contributed by atoms with Crippen molar-refractivity contribution in [1.29, 1.82) is 0 Å². The lowest BCUT2D eigenvalue weighted by Gasteiger charge is -2.59. The largest absolute Gasteiger partial charge is 0.515 e. The molecule has 0 saturated heterocycles. The SMILES string of the molecule is CC(=O)C1=C(O)[C@]2(O)C(=O)C3=C(O)c4c(O)ccc(/C(C)=C\O)c4C[C@]3(C)C[C@]2(C)C(C(C)C)C1=O. The van der Waals surface area contributed by atoms with Gasteiger partial charge in [0.15, 0.2) is 17.2 Å². The van der Waals surface area contributed by atoms with E-state index in [1.54, 1.807) is 40.7 Å². The summed E-state index contributed by atoms with van der Waals surface area (Å²) in [5.74, 6) is -5.57. The molecule has 36 heavy (non-hydrogen) atoms. The molecule has 0 aliphatic heterocycles. The number of hydrogen-bond donors (Lipinski definition) is 5. The molecule has 0 heterocycles. The number of phenols is 1. The third-order valence-electron chi connectivity index (χ3n) is 8.51. The molecule has 1 unspecified atom stereocenters. The number of hydrogen-bond acceptors (Lipinski definition) is 8. The average Bonchev–Trinajstić information content (AvgIpc) is 2.75. The van der Waals surface area contributed by atoms with Gasteiger partial charge in [-0.3, -0.25) is 14.4 Å². The van der Waals surface area contributed by atoms with Crippen molar-refractivity contribution in [3.63, 3.8) is 0 Å². The number of aliphatic hydroxyl groups excluding tert-OH is 3. The first-order chi connectivity index (χ1) is 16.6. The molecule has 4 atom stereocenters. The highest BCUT2D eigenvalue weighted by Crippen LogP contribution is 2.65. The number of rotatable bonds is 3. The van der Waals surface area contributed by atoms with Gasteiger partial charge >= 0.3 is 0 Å². The van der Waals surface area contributed by atoms with Crippen LogP contribution in [-0.4, -0.2) is 48.5 Å². The summed E-state index contributed by atoms with van der Waals surface area (Å²) in [4.78, 5) is 40.0. The van der Waals surface area contributed by atoms with Gasteiger partial charge in [-0.1, -0.05) is 33.8 Å². The molecule has 0 bridgehead atoms. The molecule has 1 aromatic rings. The molecule has 192 valence electrons. The molecule has 5 N–H and O–H groups in total. The third kappa shape index (κ3) is 2.94. The lowest BCUT2D eigenvalue weighted by Crippen LogP contribution is -2.69. The highest BCUT2D eigenvalue weighted by Gasteiger charge is 2.72. The number of Topliss-reactive ketones (excluding diaryl/α,β-unsaturated/α-hetero) is 3. The summed E-state index contributed by atoms with van der Waals surface area (Å²) in [5.41, 5.74) is -4.46. The standard InChI is InChI=1S/C28H32O8/c1-12(2)20-22(32)18(14(4)30)24(34)28(36)25(35)21-23(33)19-16(9-26(21,5)11-27(20,28)6)15(13(3)10-29)7-8-17(19)31/h7-8,10,12,20,29,31,33-34,36H,9,11H2,1-6H3/b13-10-/t20?,26-,27-,28+/m1/s1. The number of carbonyl (C=O) groups excluding carboxylic acids is 3. The van der Waals surface area contributed by atoms with Crippen molar-refractivity contribution in [3.8, 4) is 5.75 Å². The van der Waals surface area contributed by atoms with E-state index in [9.17, 15) is 39.9 Å². The normalized spacial score (nSPS) is 32.4. The first-order valence-electron chi connectivity index (χ1n) is 11.9. The number of carbonyl (C=O) groups is 3. The molecule has 8 heteroatoms. The maximum atomic E-state index is 14.2. The summed E-state index contributed by atoms with van der Waals surface area (Å²) < 4.78 is 0. The molecule has 8 nitrogen and oxygen atoms in total. The minimum atomic E-state index is -2.63. The van der Waals surface area contributed by atoms with Gasteiger partial charge in [-0.05, 0) is 55.4 Å². The average molecular weight is 497 g/mol. The fraction of sp³-hybridized carbons (Fsp3) is 0.464. The van der Waals surface area contributed by atoms with Crippen LogP contribution in [0.5, 0.6) is 5.75 Å². The van der Waals surface area contributed by atoms with Gasteiger partial charge in [0.1, 0.15) is 22.8 Å². The Bertz CT molecular complexity index is 1330. The van der Waals surface area contributed by atoms with E-state index in [0.29, 0.717) is 16.7 Å². The predicted molar refractivity (Wildman–Crippen MR) is 132 cm³/mol. The Hall–Kier alpha value is -3.39. The maximum Gasteiger partial charge on any atom is 0.203 e. The van der Waals surface area contributed by atoms with Crippen molar-refractivity contribution in [1.82, 2.24) is 0 Å². The number of phenolic OH excluding ortho intramolecular Hbond substituents is 1. The fourth-order valence-electron chi connectivity index (χ4n) is 7.16. The van der Waals surface area contributed by atoms with Crippen molar-refractivity contribution < 1.29 is 39.9 Å². The van der Waals surface area contributed by atoms with E-state index in [4.69, 9.17) is 0 Å². The molecule has 3 aliphatic carbocycles. The minimum Gasteiger partial charge on any atom is -0.515 e. The lowest BCUT2D eigenvalue weighted by molar-refractivity contribution is -0.178. The summed E-state index contributed by atoms with van der Waals surface area (Å²) in [5, 5.41) is 54.8. The second kappa shape index (κ2) is 7.80. The van der Waals surface area contributed by atoms with Crippen LogP contribution in [0.25, 0.3) is 11.3 Å². The van der Waals surface area contributed by atoms with Crippen molar-refractivity contribution in [2.75, 3.05) is 0 Å². The van der Waals surface area contributed by atoms with E-state index in [1.165, 1.54) is 6.07 Å². The Morgan fingerprint density at radius 3 is 2.25 bits per heavy atom. The second-order valence-corrected chi connectivity index (χ2v) is 11.3. The fourth-order valence-corrected chi connectivity index (χ4v) is 7.16. The zero-order chi connectivity index (χ0) is 27.1. The second-order valence-electron chi connectivity index (χ2n) is 11.3. The summed E-state index contributed by atoms with van der Waals surface area (Å²) in [7, 11) is 0. The Labute approximate surface area is 209 Å². The van der Waals surface area contributed by atoms with Gasteiger partial charge in [0.2, 0.25) is 5.78 Å². The number of aromatic hydroxyl groups is 1. The Morgan fingerprint density at radius 1 is 1.11 bits per heavy atom. The number of aliphatic hydroxyl groups is 4. The van der Waals surface area contributed by atoms with E-state index in [0.717, 1.165) is 13.2 Å². The summed E-state index contributed by atoms with van der Waals surface area (Å²) in [6.45, 7) is 9.57. The van der Waals surface area contributed by atoms with E-state index < -0.39 is 56.8 Å². The molecule has 0 spiro atoms. The smallest absolute Gasteiger partial charge is 0.203 e. The van der Waals surface area contributed by atoms with Crippen LogP contribution in [0.15, 0.2) is 35.3 Å². The van der Waals surface area contributed by atoms with Gasteiger partial charge < -0.3 is 25.5 Å². The number of fused-ring (bicyclic) bond motifs is 3.